The van der Waals surface area contributed by atoms with Gasteiger partial charge in [0.15, 0.2) is 0 Å². The summed E-state index contributed by atoms with van der Waals surface area (Å²) in [5.74, 6) is -0.0148. The zero-order chi connectivity index (χ0) is 19.9. The van der Waals surface area contributed by atoms with E-state index in [-0.39, 0.29) is 5.91 Å². The highest BCUT2D eigenvalue weighted by Crippen LogP contribution is 2.30. The van der Waals surface area contributed by atoms with Crippen LogP contribution in [0.5, 0.6) is 0 Å². The van der Waals surface area contributed by atoms with Gasteiger partial charge < -0.3 is 10.3 Å². The lowest BCUT2D eigenvalue weighted by Gasteiger charge is -2.05. The number of pyridine rings is 2. The van der Waals surface area contributed by atoms with Gasteiger partial charge in [-0.1, -0.05) is 0 Å². The van der Waals surface area contributed by atoms with Crippen LogP contribution < -0.4 is 5.32 Å². The van der Waals surface area contributed by atoms with E-state index < -0.39 is 11.9 Å². The molecule has 0 atom stereocenters. The van der Waals surface area contributed by atoms with Crippen LogP contribution in [-0.2, 0) is 13.2 Å². The van der Waals surface area contributed by atoms with Crippen molar-refractivity contribution in [2.45, 2.75) is 6.18 Å². The number of rotatable bonds is 3. The van der Waals surface area contributed by atoms with E-state index in [4.69, 9.17) is 0 Å². The Balaban J connectivity index is 1.59. The van der Waals surface area contributed by atoms with Crippen LogP contribution in [0.3, 0.4) is 0 Å². The molecule has 0 unspecified atom stereocenters. The SMILES string of the molecule is Cn1cc(C(=O)Nc2cc3[nH]c(-c4ccc(C(F)(F)F)nc4)cc3cn2)cn1. The van der Waals surface area contributed by atoms with Crippen molar-refractivity contribution in [1.29, 1.82) is 0 Å². The number of hydrogen-bond acceptors (Lipinski definition) is 4. The predicted octanol–water partition coefficient (Wildman–Crippen LogP) is 3.63. The van der Waals surface area contributed by atoms with Gasteiger partial charge in [0.25, 0.3) is 5.91 Å². The summed E-state index contributed by atoms with van der Waals surface area (Å²) >= 11 is 0. The third-order valence-corrected chi connectivity index (χ3v) is 4.08. The van der Waals surface area contributed by atoms with Crippen LogP contribution in [-0.4, -0.2) is 30.6 Å². The average molecular weight is 386 g/mol. The van der Waals surface area contributed by atoms with Crippen LogP contribution in [0.15, 0.2) is 49.1 Å². The Kier molecular flexibility index (Phi) is 4.10. The van der Waals surface area contributed by atoms with E-state index >= 15 is 0 Å². The molecule has 4 heterocycles. The minimum absolute atomic E-state index is 0.334. The van der Waals surface area contributed by atoms with E-state index in [0.29, 0.717) is 28.2 Å². The minimum Gasteiger partial charge on any atom is -0.354 e. The Morgan fingerprint density at radius 1 is 1.14 bits per heavy atom. The number of anilines is 1. The van der Waals surface area contributed by atoms with Crippen molar-refractivity contribution >= 4 is 22.6 Å². The summed E-state index contributed by atoms with van der Waals surface area (Å²) in [7, 11) is 1.71. The van der Waals surface area contributed by atoms with Gasteiger partial charge in [0.1, 0.15) is 11.5 Å². The molecule has 0 aromatic carbocycles. The molecule has 2 N–H and O–H groups in total. The van der Waals surface area contributed by atoms with Crippen LogP contribution in [0.2, 0.25) is 0 Å². The summed E-state index contributed by atoms with van der Waals surface area (Å²) in [5, 5.41) is 7.36. The normalized spacial score (nSPS) is 11.7. The molecule has 0 spiro atoms. The number of H-pyrrole nitrogens is 1. The Morgan fingerprint density at radius 2 is 1.96 bits per heavy atom. The maximum atomic E-state index is 12.6. The summed E-state index contributed by atoms with van der Waals surface area (Å²) < 4.78 is 39.4. The molecule has 4 aromatic heterocycles. The zero-order valence-corrected chi connectivity index (χ0v) is 14.4. The fraction of sp³-hybridized carbons (Fsp3) is 0.111. The van der Waals surface area contributed by atoms with E-state index in [1.165, 1.54) is 16.9 Å². The van der Waals surface area contributed by atoms with Gasteiger partial charge in [-0.2, -0.15) is 18.3 Å². The Bertz CT molecular complexity index is 1160. The molecule has 10 heteroatoms. The summed E-state index contributed by atoms with van der Waals surface area (Å²) in [5.41, 5.74) is 1.21. The van der Waals surface area contributed by atoms with Gasteiger partial charge >= 0.3 is 6.18 Å². The number of carbonyl (C=O) groups excluding carboxylic acids is 1. The molecule has 142 valence electrons. The predicted molar refractivity (Wildman–Crippen MR) is 95.5 cm³/mol. The quantitative estimate of drug-likeness (QED) is 0.563. The Labute approximate surface area is 156 Å². The maximum Gasteiger partial charge on any atom is 0.433 e. The lowest BCUT2D eigenvalue weighted by molar-refractivity contribution is -0.141. The van der Waals surface area contributed by atoms with E-state index in [1.54, 1.807) is 31.6 Å². The third-order valence-electron chi connectivity index (χ3n) is 4.08. The van der Waals surface area contributed by atoms with Gasteiger partial charge in [-0.25, -0.2) is 4.98 Å². The highest BCUT2D eigenvalue weighted by molar-refractivity contribution is 6.04. The molecule has 0 aliphatic carbocycles. The monoisotopic (exact) mass is 386 g/mol. The number of hydrogen-bond donors (Lipinski definition) is 2. The highest BCUT2D eigenvalue weighted by Gasteiger charge is 2.32. The first kappa shape index (κ1) is 17.7. The fourth-order valence-electron chi connectivity index (χ4n) is 2.70. The molecule has 28 heavy (non-hydrogen) atoms. The number of alkyl halides is 3. The standard InChI is InChI=1S/C18H13F3N6O/c1-27-9-12(8-24-27)17(28)26-16-5-14-11(7-23-16)4-13(25-14)10-2-3-15(22-6-10)18(19,20)21/h2-9,25H,1H3,(H,23,26,28). The molecule has 0 fully saturated rings. The van der Waals surface area contributed by atoms with E-state index in [9.17, 15) is 18.0 Å². The molecule has 0 bridgehead atoms. The van der Waals surface area contributed by atoms with Gasteiger partial charge in [0.05, 0.1) is 17.3 Å². The van der Waals surface area contributed by atoms with E-state index in [1.807, 2.05) is 0 Å². The van der Waals surface area contributed by atoms with Crippen LogP contribution >= 0.6 is 0 Å². The highest BCUT2D eigenvalue weighted by atomic mass is 19.4. The second kappa shape index (κ2) is 6.48. The number of fused-ring (bicyclic) bond motifs is 1. The van der Waals surface area contributed by atoms with Crippen molar-refractivity contribution in [2.24, 2.45) is 7.05 Å². The van der Waals surface area contributed by atoms with Crippen LogP contribution in [0, 0.1) is 0 Å². The minimum atomic E-state index is -4.48. The largest absolute Gasteiger partial charge is 0.433 e. The molecule has 0 aliphatic heterocycles. The van der Waals surface area contributed by atoms with Crippen LogP contribution in [0.25, 0.3) is 22.2 Å². The second-order valence-corrected chi connectivity index (χ2v) is 6.13. The Hall–Kier alpha value is -3.69. The first-order valence-electron chi connectivity index (χ1n) is 8.12. The van der Waals surface area contributed by atoms with Crippen molar-refractivity contribution in [1.82, 2.24) is 24.7 Å². The van der Waals surface area contributed by atoms with Crippen molar-refractivity contribution in [3.05, 3.63) is 60.3 Å². The van der Waals surface area contributed by atoms with Crippen molar-refractivity contribution in [3.8, 4) is 11.3 Å². The number of aromatic nitrogens is 5. The van der Waals surface area contributed by atoms with E-state index in [0.717, 1.165) is 17.6 Å². The Morgan fingerprint density at radius 3 is 2.61 bits per heavy atom. The number of nitrogens with zero attached hydrogens (tertiary/aromatic N) is 4. The molecule has 0 saturated carbocycles. The van der Waals surface area contributed by atoms with Gasteiger partial charge in [0, 0.05) is 48.3 Å². The molecule has 1 amide bonds. The molecule has 7 nitrogen and oxygen atoms in total. The van der Waals surface area contributed by atoms with Crippen molar-refractivity contribution in [3.63, 3.8) is 0 Å². The summed E-state index contributed by atoms with van der Waals surface area (Å²) in [4.78, 5) is 22.9. The number of nitrogens with one attached hydrogen (secondary N) is 2. The number of aromatic amines is 1. The lowest BCUT2D eigenvalue weighted by atomic mass is 10.2. The molecule has 4 rings (SSSR count). The van der Waals surface area contributed by atoms with Gasteiger partial charge in [-0.05, 0) is 18.2 Å². The summed E-state index contributed by atoms with van der Waals surface area (Å²) in [6, 6.07) is 5.67. The summed E-state index contributed by atoms with van der Waals surface area (Å²) in [6.45, 7) is 0. The molecule has 0 saturated heterocycles. The van der Waals surface area contributed by atoms with Crippen molar-refractivity contribution < 1.29 is 18.0 Å². The number of aryl methyl sites for hydroxylation is 1. The molecule has 4 aromatic rings. The number of carbonyl (C=O) groups is 1. The topological polar surface area (TPSA) is 88.5 Å². The average Bonchev–Trinajstić information content (AvgIpc) is 3.27. The van der Waals surface area contributed by atoms with E-state index in [2.05, 4.69) is 25.4 Å². The number of halogens is 3. The molecular weight excluding hydrogens is 373 g/mol. The summed E-state index contributed by atoms with van der Waals surface area (Å²) in [6.07, 6.45) is 1.26. The fourth-order valence-corrected chi connectivity index (χ4v) is 2.70. The van der Waals surface area contributed by atoms with Crippen molar-refractivity contribution in [2.75, 3.05) is 5.32 Å². The zero-order valence-electron chi connectivity index (χ0n) is 14.4. The molecular formula is C18H13F3N6O. The second-order valence-electron chi connectivity index (χ2n) is 6.13. The van der Waals surface area contributed by atoms with Gasteiger partial charge in [0.2, 0.25) is 0 Å². The van der Waals surface area contributed by atoms with Gasteiger partial charge in [-0.15, -0.1) is 0 Å². The molecule has 0 aliphatic rings. The molecule has 0 radical (unpaired) electrons. The van der Waals surface area contributed by atoms with Crippen LogP contribution in [0.4, 0.5) is 19.0 Å². The maximum absolute atomic E-state index is 12.6. The lowest BCUT2D eigenvalue weighted by Crippen LogP contribution is -2.12. The third kappa shape index (κ3) is 3.43. The first-order chi connectivity index (χ1) is 13.3. The van der Waals surface area contributed by atoms with Gasteiger partial charge in [-0.3, -0.25) is 14.5 Å². The smallest absolute Gasteiger partial charge is 0.354 e. The first-order valence-corrected chi connectivity index (χ1v) is 8.12. The van der Waals surface area contributed by atoms with Crippen LogP contribution in [0.1, 0.15) is 16.1 Å². The number of amides is 1.